The molecule has 0 saturated carbocycles. The maximum atomic E-state index is 12.7. The first kappa shape index (κ1) is 23.1. The molecule has 2 aromatic rings. The summed E-state index contributed by atoms with van der Waals surface area (Å²) in [6.45, 7) is 12.5. The van der Waals surface area contributed by atoms with Crippen molar-refractivity contribution in [1.29, 1.82) is 0 Å². The summed E-state index contributed by atoms with van der Waals surface area (Å²) in [4.78, 5) is 20.1. The number of nitrogens with zero attached hydrogens (tertiary/aromatic N) is 4. The summed E-state index contributed by atoms with van der Waals surface area (Å²) in [5.74, 6) is 1.29. The first-order valence-corrected chi connectivity index (χ1v) is 12.1. The van der Waals surface area contributed by atoms with E-state index in [2.05, 4.69) is 56.9 Å². The van der Waals surface area contributed by atoms with Crippen LogP contribution in [0, 0.1) is 5.92 Å². The van der Waals surface area contributed by atoms with Gasteiger partial charge in [-0.05, 0) is 56.2 Å². The first-order valence-electron chi connectivity index (χ1n) is 12.1. The van der Waals surface area contributed by atoms with Crippen LogP contribution in [0.15, 0.2) is 24.4 Å². The van der Waals surface area contributed by atoms with Crippen molar-refractivity contribution in [3.05, 3.63) is 30.0 Å². The number of piperidine rings is 1. The summed E-state index contributed by atoms with van der Waals surface area (Å²) in [6, 6.07) is 6.27. The van der Waals surface area contributed by atoms with Gasteiger partial charge in [0.1, 0.15) is 5.75 Å². The maximum absolute atomic E-state index is 12.7. The highest BCUT2D eigenvalue weighted by molar-refractivity contribution is 5.85. The summed E-state index contributed by atoms with van der Waals surface area (Å²) in [7, 11) is 3.81. The van der Waals surface area contributed by atoms with Gasteiger partial charge in [-0.3, -0.25) is 14.6 Å². The van der Waals surface area contributed by atoms with E-state index in [1.54, 1.807) is 7.11 Å². The Hall–Kier alpha value is -2.09. The van der Waals surface area contributed by atoms with Gasteiger partial charge >= 0.3 is 0 Å². The summed E-state index contributed by atoms with van der Waals surface area (Å²) in [5.41, 5.74) is 2.55. The molecule has 0 atom stereocenters. The number of likely N-dealkylation sites (tertiary alicyclic amines) is 1. The van der Waals surface area contributed by atoms with Crippen LogP contribution in [-0.2, 0) is 18.4 Å². The molecule has 176 valence electrons. The topological polar surface area (TPSA) is 53.0 Å². The number of piperazine rings is 1. The Morgan fingerprint density at radius 3 is 2.47 bits per heavy atom. The van der Waals surface area contributed by atoms with E-state index in [0.29, 0.717) is 0 Å². The lowest BCUT2D eigenvalue weighted by Gasteiger charge is -2.34. The van der Waals surface area contributed by atoms with Crippen molar-refractivity contribution in [2.75, 3.05) is 66.0 Å². The number of rotatable bonds is 8. The summed E-state index contributed by atoms with van der Waals surface area (Å²) < 4.78 is 7.61. The highest BCUT2D eigenvalue weighted by atomic mass is 16.5. The van der Waals surface area contributed by atoms with Crippen molar-refractivity contribution in [3.63, 3.8) is 0 Å². The Morgan fingerprint density at radius 2 is 1.78 bits per heavy atom. The molecule has 2 fully saturated rings. The fourth-order valence-electron chi connectivity index (χ4n) is 5.11. The molecule has 2 saturated heterocycles. The van der Waals surface area contributed by atoms with E-state index in [9.17, 15) is 4.79 Å². The van der Waals surface area contributed by atoms with Crippen LogP contribution in [0.2, 0.25) is 0 Å². The van der Waals surface area contributed by atoms with Gasteiger partial charge < -0.3 is 19.5 Å². The number of carbonyl (C=O) groups is 1. The number of likely N-dealkylation sites (N-methyl/N-ethyl adjacent to an activating group) is 1. The van der Waals surface area contributed by atoms with Crippen molar-refractivity contribution in [2.24, 2.45) is 13.0 Å². The van der Waals surface area contributed by atoms with Gasteiger partial charge in [-0.1, -0.05) is 6.92 Å². The fraction of sp³-hybridized carbons (Fsp3) is 0.640. The lowest BCUT2D eigenvalue weighted by molar-refractivity contribution is -0.126. The predicted molar refractivity (Wildman–Crippen MR) is 129 cm³/mol. The molecule has 4 rings (SSSR count). The van der Waals surface area contributed by atoms with Gasteiger partial charge in [0.05, 0.1) is 7.11 Å². The standard InChI is InChI=1S/C25H39N5O2/c1-4-28-13-15-29(16-14-28)12-9-26-25(31)20-7-10-30(11-8-20)19-21-18-27(2)24-6-5-22(32-3)17-23(21)24/h5-6,17-18,20H,4,7-16,19H2,1-3H3,(H,26,31). The van der Waals surface area contributed by atoms with Crippen molar-refractivity contribution < 1.29 is 9.53 Å². The lowest BCUT2D eigenvalue weighted by atomic mass is 9.95. The van der Waals surface area contributed by atoms with Gasteiger partial charge in [0.25, 0.3) is 0 Å². The zero-order valence-corrected chi connectivity index (χ0v) is 20.0. The van der Waals surface area contributed by atoms with Crippen molar-refractivity contribution in [3.8, 4) is 5.75 Å². The molecule has 1 N–H and O–H groups in total. The Labute approximate surface area is 192 Å². The number of ether oxygens (including phenoxy) is 1. The summed E-state index contributed by atoms with van der Waals surface area (Å²) >= 11 is 0. The number of hydrogen-bond donors (Lipinski definition) is 1. The Morgan fingerprint density at radius 1 is 1.06 bits per heavy atom. The second-order valence-corrected chi connectivity index (χ2v) is 9.27. The number of methoxy groups -OCH3 is 1. The average Bonchev–Trinajstić information content (AvgIpc) is 3.14. The van der Waals surface area contributed by atoms with E-state index in [1.807, 2.05) is 6.07 Å². The molecule has 1 amide bonds. The van der Waals surface area contributed by atoms with E-state index >= 15 is 0 Å². The van der Waals surface area contributed by atoms with Gasteiger partial charge in [-0.25, -0.2) is 0 Å². The first-order chi connectivity index (χ1) is 15.6. The monoisotopic (exact) mass is 441 g/mol. The summed E-state index contributed by atoms with van der Waals surface area (Å²) in [5, 5.41) is 4.46. The van der Waals surface area contributed by atoms with Crippen LogP contribution in [0.1, 0.15) is 25.3 Å². The highest BCUT2D eigenvalue weighted by Gasteiger charge is 2.25. The summed E-state index contributed by atoms with van der Waals surface area (Å²) in [6.07, 6.45) is 4.10. The number of hydrogen-bond acceptors (Lipinski definition) is 5. The number of aromatic nitrogens is 1. The van der Waals surface area contributed by atoms with E-state index in [4.69, 9.17) is 4.74 Å². The van der Waals surface area contributed by atoms with Gasteiger partial charge in [0, 0.05) is 75.9 Å². The van der Waals surface area contributed by atoms with Crippen molar-refractivity contribution in [2.45, 2.75) is 26.3 Å². The molecule has 1 aromatic heterocycles. The third-order valence-electron chi connectivity index (χ3n) is 7.27. The second kappa shape index (κ2) is 10.7. The van der Waals surface area contributed by atoms with Crippen LogP contribution < -0.4 is 10.1 Å². The smallest absolute Gasteiger partial charge is 0.223 e. The molecule has 7 nitrogen and oxygen atoms in total. The van der Waals surface area contributed by atoms with Crippen LogP contribution in [0.3, 0.4) is 0 Å². The number of benzene rings is 1. The molecule has 1 aromatic carbocycles. The molecule has 32 heavy (non-hydrogen) atoms. The molecule has 0 aliphatic carbocycles. The minimum Gasteiger partial charge on any atom is -0.497 e. The quantitative estimate of drug-likeness (QED) is 0.680. The van der Waals surface area contributed by atoms with Gasteiger partial charge in [-0.15, -0.1) is 0 Å². The lowest BCUT2D eigenvalue weighted by Crippen LogP contribution is -2.48. The van der Waals surface area contributed by atoms with E-state index in [0.717, 1.165) is 84.0 Å². The van der Waals surface area contributed by atoms with Crippen LogP contribution >= 0.6 is 0 Å². The number of nitrogens with one attached hydrogen (secondary N) is 1. The zero-order chi connectivity index (χ0) is 22.5. The Balaban J connectivity index is 1.21. The largest absolute Gasteiger partial charge is 0.497 e. The third-order valence-corrected chi connectivity index (χ3v) is 7.27. The average molecular weight is 442 g/mol. The van der Waals surface area contributed by atoms with Gasteiger partial charge in [0.2, 0.25) is 5.91 Å². The Kier molecular flexibility index (Phi) is 7.71. The van der Waals surface area contributed by atoms with E-state index < -0.39 is 0 Å². The predicted octanol–water partition coefficient (Wildman–Crippen LogP) is 2.15. The number of carbonyl (C=O) groups excluding carboxylic acids is 1. The van der Waals surface area contributed by atoms with Crippen molar-refractivity contribution >= 4 is 16.8 Å². The second-order valence-electron chi connectivity index (χ2n) is 9.27. The molecule has 0 radical (unpaired) electrons. The van der Waals surface area contributed by atoms with Crippen molar-refractivity contribution in [1.82, 2.24) is 24.6 Å². The fourth-order valence-corrected chi connectivity index (χ4v) is 5.11. The normalized spacial score (nSPS) is 19.5. The molecular weight excluding hydrogens is 402 g/mol. The minimum absolute atomic E-state index is 0.149. The SMILES string of the molecule is CCN1CCN(CCNC(=O)C2CCN(Cc3cn(C)c4ccc(OC)cc34)CC2)CC1. The van der Waals surface area contributed by atoms with Crippen LogP contribution in [0.4, 0.5) is 0 Å². The Bertz CT molecular complexity index is 895. The molecular formula is C25H39N5O2. The maximum Gasteiger partial charge on any atom is 0.223 e. The van der Waals surface area contributed by atoms with Crippen LogP contribution in [0.25, 0.3) is 10.9 Å². The number of aryl methyl sites for hydroxylation is 1. The zero-order valence-electron chi connectivity index (χ0n) is 20.0. The minimum atomic E-state index is 0.149. The molecule has 2 aliphatic heterocycles. The number of amides is 1. The van der Waals surface area contributed by atoms with Crippen LogP contribution in [-0.4, -0.2) is 91.2 Å². The van der Waals surface area contributed by atoms with Gasteiger partial charge in [-0.2, -0.15) is 0 Å². The molecule has 2 aliphatic rings. The molecule has 0 bridgehead atoms. The van der Waals surface area contributed by atoms with Gasteiger partial charge in [0.15, 0.2) is 0 Å². The molecule has 0 unspecified atom stereocenters. The molecule has 7 heteroatoms. The van der Waals surface area contributed by atoms with E-state index in [1.165, 1.54) is 16.5 Å². The number of fused-ring (bicyclic) bond motifs is 1. The van der Waals surface area contributed by atoms with E-state index in [-0.39, 0.29) is 11.8 Å². The third kappa shape index (κ3) is 5.45. The molecule has 3 heterocycles. The van der Waals surface area contributed by atoms with Crippen LogP contribution in [0.5, 0.6) is 5.75 Å². The molecule has 0 spiro atoms. The highest BCUT2D eigenvalue weighted by Crippen LogP contribution is 2.28.